The fourth-order valence-corrected chi connectivity index (χ4v) is 4.66. The van der Waals surface area contributed by atoms with Crippen LogP contribution in [-0.2, 0) is 24.5 Å². The Morgan fingerprint density at radius 1 is 1.02 bits per heavy atom. The highest BCUT2D eigenvalue weighted by atomic mass is 35.5. The van der Waals surface area contributed by atoms with E-state index in [-0.39, 0.29) is 24.2 Å². The molecule has 2 heterocycles. The average Bonchev–Trinajstić information content (AvgIpc) is 3.30. The van der Waals surface area contributed by atoms with Crippen LogP contribution in [0.2, 0.25) is 5.02 Å². The minimum Gasteiger partial charge on any atom is -0.489 e. The van der Waals surface area contributed by atoms with Gasteiger partial charge >= 0.3 is 0 Å². The number of nitrogens with zero attached hydrogens (tertiary/aromatic N) is 3. The predicted molar refractivity (Wildman–Crippen MR) is 158 cm³/mol. The van der Waals surface area contributed by atoms with Crippen molar-refractivity contribution in [2.75, 3.05) is 25.0 Å². The number of carbonyl (C=O) groups excluding carboxylic acids is 2. The van der Waals surface area contributed by atoms with Crippen LogP contribution < -0.4 is 15.4 Å². The van der Waals surface area contributed by atoms with E-state index in [0.29, 0.717) is 49.2 Å². The van der Waals surface area contributed by atoms with Crippen LogP contribution in [-0.4, -0.2) is 46.1 Å². The smallest absolute Gasteiger partial charge is 0.276 e. The van der Waals surface area contributed by atoms with Gasteiger partial charge in [-0.25, -0.2) is 0 Å². The van der Waals surface area contributed by atoms with Crippen LogP contribution in [0, 0.1) is 6.92 Å². The van der Waals surface area contributed by atoms with Crippen LogP contribution in [0.4, 0.5) is 5.69 Å². The number of rotatable bonds is 9. The summed E-state index contributed by atoms with van der Waals surface area (Å²) in [6.07, 6.45) is 0. The van der Waals surface area contributed by atoms with E-state index in [1.54, 1.807) is 16.8 Å². The summed E-state index contributed by atoms with van der Waals surface area (Å²) in [5, 5.41) is 10.9. The van der Waals surface area contributed by atoms with Gasteiger partial charge in [0.15, 0.2) is 5.69 Å². The second-order valence-electron chi connectivity index (χ2n) is 9.57. The van der Waals surface area contributed by atoms with Crippen LogP contribution in [0.15, 0.2) is 78.9 Å². The number of hydrogen-bond acceptors (Lipinski definition) is 5. The molecule has 0 atom stereocenters. The summed E-state index contributed by atoms with van der Waals surface area (Å²) in [7, 11) is 0. The van der Waals surface area contributed by atoms with Crippen LogP contribution in [0.25, 0.3) is 0 Å². The van der Waals surface area contributed by atoms with E-state index in [1.807, 2.05) is 73.7 Å². The first kappa shape index (κ1) is 29.1. The second-order valence-corrected chi connectivity index (χ2v) is 10.0. The maximum Gasteiger partial charge on any atom is 0.276 e. The topological polar surface area (TPSA) is 88.5 Å². The number of piperazine rings is 1. The van der Waals surface area contributed by atoms with Gasteiger partial charge in [-0.15, -0.1) is 12.4 Å². The molecule has 0 radical (unpaired) electrons. The molecule has 1 fully saturated rings. The fraction of sp³-hybridized carbons (Fsp3) is 0.233. The SMILES string of the molecule is Cc1cc(C(=O)Nc2ccc(CN3CCNC(=O)C3)cc2)nn1Cc1cc(Cl)ccc1OCc1ccccc1.Cl. The van der Waals surface area contributed by atoms with Gasteiger partial charge in [0.1, 0.15) is 12.4 Å². The standard InChI is InChI=1S/C30H30ClN5O3.ClH/c1-21-15-27(30(38)33-26-10-7-22(8-11-26)17-35-14-13-32-29(37)19-35)34-36(21)18-24-16-25(31)9-12-28(24)39-20-23-5-3-2-4-6-23;/h2-12,15-16H,13-14,17-20H2,1H3,(H,32,37)(H,33,38);1H. The maximum absolute atomic E-state index is 13.0. The number of hydrogen-bond donors (Lipinski definition) is 2. The van der Waals surface area contributed by atoms with Crippen molar-refractivity contribution < 1.29 is 14.3 Å². The van der Waals surface area contributed by atoms with Crippen molar-refractivity contribution in [3.63, 3.8) is 0 Å². The lowest BCUT2D eigenvalue weighted by Crippen LogP contribution is -2.47. The Morgan fingerprint density at radius 3 is 2.55 bits per heavy atom. The number of halogens is 2. The molecule has 0 unspecified atom stereocenters. The summed E-state index contributed by atoms with van der Waals surface area (Å²) in [6.45, 7) is 5.33. The van der Waals surface area contributed by atoms with Gasteiger partial charge in [-0.3, -0.25) is 19.2 Å². The molecule has 8 nitrogen and oxygen atoms in total. The molecule has 5 rings (SSSR count). The molecular weight excluding hydrogens is 549 g/mol. The first-order valence-electron chi connectivity index (χ1n) is 12.8. The number of benzene rings is 3. The van der Waals surface area contributed by atoms with E-state index in [4.69, 9.17) is 16.3 Å². The average molecular weight is 581 g/mol. The van der Waals surface area contributed by atoms with Crippen molar-refractivity contribution in [2.24, 2.45) is 0 Å². The minimum absolute atomic E-state index is 0. The summed E-state index contributed by atoms with van der Waals surface area (Å²) < 4.78 is 7.86. The minimum atomic E-state index is -0.288. The van der Waals surface area contributed by atoms with Crippen molar-refractivity contribution in [1.29, 1.82) is 0 Å². The Labute approximate surface area is 244 Å². The van der Waals surface area contributed by atoms with Crippen molar-refractivity contribution in [3.8, 4) is 5.75 Å². The Kier molecular flexibility index (Phi) is 9.82. The number of aryl methyl sites for hydroxylation is 1. The van der Waals surface area contributed by atoms with E-state index in [2.05, 4.69) is 20.6 Å². The van der Waals surface area contributed by atoms with Crippen molar-refractivity contribution in [2.45, 2.75) is 26.6 Å². The Balaban J connectivity index is 0.00000370. The highest BCUT2D eigenvalue weighted by molar-refractivity contribution is 6.30. The molecule has 3 aromatic carbocycles. The number of aromatic nitrogens is 2. The van der Waals surface area contributed by atoms with Gasteiger partial charge in [-0.05, 0) is 54.4 Å². The molecule has 2 amide bonds. The first-order valence-corrected chi connectivity index (χ1v) is 13.2. The number of nitrogens with one attached hydrogen (secondary N) is 2. The molecule has 0 aliphatic carbocycles. The van der Waals surface area contributed by atoms with E-state index in [0.717, 1.165) is 34.7 Å². The summed E-state index contributed by atoms with van der Waals surface area (Å²) in [4.78, 5) is 26.7. The van der Waals surface area contributed by atoms with Gasteiger partial charge in [0.25, 0.3) is 5.91 Å². The number of carbonyl (C=O) groups is 2. The third-order valence-electron chi connectivity index (χ3n) is 6.53. The summed E-state index contributed by atoms with van der Waals surface area (Å²) in [5.41, 5.74) is 4.87. The molecule has 4 aromatic rings. The van der Waals surface area contributed by atoms with Crippen molar-refractivity contribution in [1.82, 2.24) is 20.0 Å². The van der Waals surface area contributed by atoms with E-state index < -0.39 is 0 Å². The summed E-state index contributed by atoms with van der Waals surface area (Å²) in [5.74, 6) is 0.476. The van der Waals surface area contributed by atoms with Gasteiger partial charge in [0.05, 0.1) is 13.1 Å². The zero-order valence-electron chi connectivity index (χ0n) is 22.1. The van der Waals surface area contributed by atoms with Gasteiger partial charge in [-0.1, -0.05) is 54.1 Å². The molecule has 0 spiro atoms. The molecule has 0 bridgehead atoms. The normalized spacial score (nSPS) is 13.3. The molecule has 1 saturated heterocycles. The lowest BCUT2D eigenvalue weighted by atomic mass is 10.2. The monoisotopic (exact) mass is 579 g/mol. The Bertz CT molecular complexity index is 1460. The Hall–Kier alpha value is -3.85. The van der Waals surface area contributed by atoms with Gasteiger partial charge in [-0.2, -0.15) is 5.10 Å². The predicted octanol–water partition coefficient (Wildman–Crippen LogP) is 5.08. The lowest BCUT2D eigenvalue weighted by molar-refractivity contribution is -0.124. The van der Waals surface area contributed by atoms with Crippen LogP contribution >= 0.6 is 24.0 Å². The van der Waals surface area contributed by atoms with E-state index in [9.17, 15) is 9.59 Å². The van der Waals surface area contributed by atoms with E-state index in [1.165, 1.54) is 0 Å². The Morgan fingerprint density at radius 2 is 1.80 bits per heavy atom. The molecular formula is C30H31Cl2N5O3. The highest BCUT2D eigenvalue weighted by Gasteiger charge is 2.17. The molecule has 208 valence electrons. The van der Waals surface area contributed by atoms with Gasteiger partial charge in [0, 0.05) is 41.6 Å². The zero-order chi connectivity index (χ0) is 27.2. The summed E-state index contributed by atoms with van der Waals surface area (Å²) >= 11 is 6.29. The number of ether oxygens (including phenoxy) is 1. The molecule has 40 heavy (non-hydrogen) atoms. The third kappa shape index (κ3) is 7.63. The maximum atomic E-state index is 13.0. The molecule has 2 N–H and O–H groups in total. The molecule has 10 heteroatoms. The van der Waals surface area contributed by atoms with Crippen molar-refractivity contribution in [3.05, 3.63) is 112 Å². The quantitative estimate of drug-likeness (QED) is 0.289. The number of amides is 2. The van der Waals surface area contributed by atoms with Crippen molar-refractivity contribution >= 4 is 41.5 Å². The van der Waals surface area contributed by atoms with E-state index >= 15 is 0 Å². The molecule has 0 saturated carbocycles. The highest BCUT2D eigenvalue weighted by Crippen LogP contribution is 2.25. The van der Waals surface area contributed by atoms with Crippen LogP contribution in [0.5, 0.6) is 5.75 Å². The zero-order valence-corrected chi connectivity index (χ0v) is 23.7. The molecule has 1 aromatic heterocycles. The number of anilines is 1. The largest absolute Gasteiger partial charge is 0.489 e. The fourth-order valence-electron chi connectivity index (χ4n) is 4.46. The molecule has 1 aliphatic rings. The van der Waals surface area contributed by atoms with Crippen LogP contribution in [0.1, 0.15) is 32.9 Å². The summed E-state index contributed by atoms with van der Waals surface area (Å²) in [6, 6.07) is 24.9. The second kappa shape index (κ2) is 13.5. The third-order valence-corrected chi connectivity index (χ3v) is 6.76. The first-order chi connectivity index (χ1) is 18.9. The van der Waals surface area contributed by atoms with Crippen LogP contribution in [0.3, 0.4) is 0 Å². The molecule has 1 aliphatic heterocycles. The van der Waals surface area contributed by atoms with Gasteiger partial charge in [0.2, 0.25) is 5.91 Å². The lowest BCUT2D eigenvalue weighted by Gasteiger charge is -2.26. The van der Waals surface area contributed by atoms with Gasteiger partial charge < -0.3 is 15.4 Å².